The summed E-state index contributed by atoms with van der Waals surface area (Å²) in [4.78, 5) is 25.1. The zero-order valence-corrected chi connectivity index (χ0v) is 23.6. The molecular formula is C31H30O14. The summed E-state index contributed by atoms with van der Waals surface area (Å²) >= 11 is 0. The highest BCUT2D eigenvalue weighted by Gasteiger charge is 2.45. The van der Waals surface area contributed by atoms with Crippen LogP contribution in [0.4, 0.5) is 0 Å². The molecule has 0 aromatic heterocycles. The quantitative estimate of drug-likeness (QED) is 0.107. The Morgan fingerprint density at radius 2 is 1.69 bits per heavy atom. The smallest absolute Gasteiger partial charge is 0.330 e. The van der Waals surface area contributed by atoms with Gasteiger partial charge < -0.3 is 59.4 Å². The number of aliphatic hydroxyl groups excluding tert-OH is 3. The van der Waals surface area contributed by atoms with Gasteiger partial charge in [-0.3, -0.25) is 4.79 Å². The van der Waals surface area contributed by atoms with Crippen LogP contribution in [0.3, 0.4) is 0 Å². The predicted octanol–water partition coefficient (Wildman–Crippen LogP) is 1.67. The van der Waals surface area contributed by atoms with Gasteiger partial charge in [-0.2, -0.15) is 0 Å². The molecule has 1 saturated heterocycles. The SMILES string of the molecule is COc1ccc(C=CC(=O)OC[C@H]2O[C@@H](Oc3cc(O)c4c(c3)O[C@@H](c3ccc(O)c(O)c3)CC4=O)[C@H](O)[C@@H](O)[C@@H]2O)cc1O. The van der Waals surface area contributed by atoms with Crippen LogP contribution in [-0.2, 0) is 14.3 Å². The number of hydrogen-bond acceptors (Lipinski definition) is 14. The van der Waals surface area contributed by atoms with E-state index in [4.69, 9.17) is 23.7 Å². The van der Waals surface area contributed by atoms with Gasteiger partial charge in [-0.25, -0.2) is 4.79 Å². The molecule has 45 heavy (non-hydrogen) atoms. The molecule has 14 nitrogen and oxygen atoms in total. The summed E-state index contributed by atoms with van der Waals surface area (Å²) < 4.78 is 27.2. The molecule has 0 spiro atoms. The number of aliphatic hydroxyl groups is 3. The fourth-order valence-corrected chi connectivity index (χ4v) is 4.88. The first-order chi connectivity index (χ1) is 21.4. The van der Waals surface area contributed by atoms with Crippen molar-refractivity contribution in [3.8, 4) is 40.2 Å². The number of phenolic OH excluding ortho intramolecular Hbond substituents is 4. The molecule has 0 saturated carbocycles. The Bertz CT molecular complexity index is 1620. The van der Waals surface area contributed by atoms with E-state index in [-0.39, 0.29) is 40.7 Å². The molecule has 14 heteroatoms. The van der Waals surface area contributed by atoms with Crippen LogP contribution in [0.1, 0.15) is 34.0 Å². The summed E-state index contributed by atoms with van der Waals surface area (Å²) in [6, 6.07) is 10.7. The molecule has 6 atom stereocenters. The minimum absolute atomic E-state index is 0.0767. The lowest BCUT2D eigenvalue weighted by molar-refractivity contribution is -0.278. The normalized spacial score (nSPS) is 24.5. The molecule has 7 N–H and O–H groups in total. The van der Waals surface area contributed by atoms with Crippen molar-refractivity contribution in [1.29, 1.82) is 0 Å². The van der Waals surface area contributed by atoms with Gasteiger partial charge >= 0.3 is 5.97 Å². The highest BCUT2D eigenvalue weighted by atomic mass is 16.7. The number of carbonyl (C=O) groups excluding carboxylic acids is 2. The third-order valence-corrected chi connectivity index (χ3v) is 7.27. The van der Waals surface area contributed by atoms with E-state index in [0.29, 0.717) is 11.1 Å². The molecule has 3 aromatic rings. The summed E-state index contributed by atoms with van der Waals surface area (Å²) in [7, 11) is 1.39. The van der Waals surface area contributed by atoms with E-state index < -0.39 is 66.7 Å². The average molecular weight is 627 g/mol. The van der Waals surface area contributed by atoms with E-state index >= 15 is 0 Å². The lowest BCUT2D eigenvalue weighted by Gasteiger charge is -2.40. The first-order valence-electron chi connectivity index (χ1n) is 13.6. The molecule has 238 valence electrons. The summed E-state index contributed by atoms with van der Waals surface area (Å²) in [6.07, 6.45) is -6.79. The summed E-state index contributed by atoms with van der Waals surface area (Å²) in [5.74, 6) is -2.65. The van der Waals surface area contributed by atoms with Crippen LogP contribution in [0.25, 0.3) is 6.08 Å². The van der Waals surface area contributed by atoms with E-state index in [2.05, 4.69) is 0 Å². The number of phenols is 4. The maximum Gasteiger partial charge on any atom is 0.330 e. The number of carbonyl (C=O) groups is 2. The van der Waals surface area contributed by atoms with Crippen LogP contribution in [0.5, 0.6) is 40.2 Å². The Hall–Kier alpha value is -5.02. The lowest BCUT2D eigenvalue weighted by Crippen LogP contribution is -2.60. The van der Waals surface area contributed by atoms with Crippen molar-refractivity contribution in [2.24, 2.45) is 0 Å². The van der Waals surface area contributed by atoms with E-state index in [1.807, 2.05) is 0 Å². The van der Waals surface area contributed by atoms with E-state index in [9.17, 15) is 45.3 Å². The fraction of sp³-hybridized carbons (Fsp3) is 0.290. The van der Waals surface area contributed by atoms with Gasteiger partial charge in [-0.05, 0) is 41.5 Å². The molecule has 5 rings (SSSR count). The fourth-order valence-electron chi connectivity index (χ4n) is 4.88. The Balaban J connectivity index is 1.26. The van der Waals surface area contributed by atoms with Crippen molar-refractivity contribution in [3.05, 3.63) is 71.3 Å². The van der Waals surface area contributed by atoms with Crippen molar-refractivity contribution in [2.75, 3.05) is 13.7 Å². The molecule has 2 aliphatic heterocycles. The lowest BCUT2D eigenvalue weighted by atomic mass is 9.95. The van der Waals surface area contributed by atoms with Gasteiger partial charge in [0, 0.05) is 18.2 Å². The van der Waals surface area contributed by atoms with Gasteiger partial charge in [0.15, 0.2) is 28.8 Å². The molecule has 0 amide bonds. The summed E-state index contributed by atoms with van der Waals surface area (Å²) in [5.41, 5.74) is 0.732. The zero-order valence-electron chi connectivity index (χ0n) is 23.6. The number of fused-ring (bicyclic) bond motifs is 1. The van der Waals surface area contributed by atoms with Gasteiger partial charge in [-0.15, -0.1) is 0 Å². The third-order valence-electron chi connectivity index (χ3n) is 7.27. The molecule has 1 fully saturated rings. The summed E-state index contributed by atoms with van der Waals surface area (Å²) in [5, 5.41) is 71.3. The maximum absolute atomic E-state index is 12.8. The van der Waals surface area contributed by atoms with Gasteiger partial charge in [0.1, 0.15) is 59.9 Å². The summed E-state index contributed by atoms with van der Waals surface area (Å²) in [6.45, 7) is -0.546. The highest BCUT2D eigenvalue weighted by molar-refractivity contribution is 6.02. The van der Waals surface area contributed by atoms with Crippen molar-refractivity contribution in [2.45, 2.75) is 43.2 Å². The van der Waals surface area contributed by atoms with Crippen molar-refractivity contribution in [3.63, 3.8) is 0 Å². The van der Waals surface area contributed by atoms with Crippen LogP contribution in [-0.4, -0.2) is 91.9 Å². The Labute approximate surface area is 255 Å². The van der Waals surface area contributed by atoms with Crippen molar-refractivity contribution >= 4 is 17.8 Å². The minimum atomic E-state index is -1.78. The standard InChI is InChI=1S/C31H30O14/c1-41-22-6-2-14(8-19(22)34)3-7-26(37)42-13-25-28(38)29(39)30(40)31(45-25)43-16-10-20(35)27-21(36)12-23(44-24(27)11-16)15-4-5-17(32)18(33)9-15/h2-11,23,25,28-35,38-40H,12-13H2,1H3/t23-,25-,28-,29+,30-,31-/m1/s1. The van der Waals surface area contributed by atoms with Crippen LogP contribution < -0.4 is 14.2 Å². The third kappa shape index (κ3) is 6.73. The molecule has 0 unspecified atom stereocenters. The van der Waals surface area contributed by atoms with E-state index in [1.165, 1.54) is 49.6 Å². The van der Waals surface area contributed by atoms with E-state index in [1.54, 1.807) is 6.07 Å². The molecule has 3 aromatic carbocycles. The van der Waals surface area contributed by atoms with Gasteiger partial charge in [0.25, 0.3) is 0 Å². The molecule has 0 aliphatic carbocycles. The minimum Gasteiger partial charge on any atom is -0.507 e. The van der Waals surface area contributed by atoms with E-state index in [0.717, 1.165) is 12.1 Å². The van der Waals surface area contributed by atoms with Crippen LogP contribution in [0.15, 0.2) is 54.6 Å². The number of hydrogen-bond donors (Lipinski definition) is 7. The first kappa shape index (κ1) is 31.4. The Morgan fingerprint density at radius 3 is 2.40 bits per heavy atom. The van der Waals surface area contributed by atoms with Crippen LogP contribution in [0.2, 0.25) is 0 Å². The van der Waals surface area contributed by atoms with Gasteiger partial charge in [-0.1, -0.05) is 12.1 Å². The number of esters is 1. The number of benzene rings is 3. The number of aromatic hydroxyl groups is 4. The number of ketones is 1. The number of ether oxygens (including phenoxy) is 5. The zero-order chi connectivity index (χ0) is 32.4. The van der Waals surface area contributed by atoms with Gasteiger partial charge in [0.2, 0.25) is 6.29 Å². The first-order valence-corrected chi connectivity index (χ1v) is 13.6. The van der Waals surface area contributed by atoms with Crippen LogP contribution >= 0.6 is 0 Å². The van der Waals surface area contributed by atoms with Crippen LogP contribution in [0, 0.1) is 0 Å². The second kappa shape index (κ2) is 12.9. The largest absolute Gasteiger partial charge is 0.507 e. The second-order valence-electron chi connectivity index (χ2n) is 10.3. The number of rotatable bonds is 8. The molecule has 0 bridgehead atoms. The number of methoxy groups -OCH3 is 1. The maximum atomic E-state index is 12.8. The average Bonchev–Trinajstić information content (AvgIpc) is 3.00. The Morgan fingerprint density at radius 1 is 0.911 bits per heavy atom. The molecule has 2 heterocycles. The highest BCUT2D eigenvalue weighted by Crippen LogP contribution is 2.43. The molecular weight excluding hydrogens is 596 g/mol. The monoisotopic (exact) mass is 626 g/mol. The topological polar surface area (TPSA) is 222 Å². The molecule has 2 aliphatic rings. The second-order valence-corrected chi connectivity index (χ2v) is 10.3. The van der Waals surface area contributed by atoms with Gasteiger partial charge in [0.05, 0.1) is 13.5 Å². The van der Waals surface area contributed by atoms with Crippen molar-refractivity contribution in [1.82, 2.24) is 0 Å². The molecule has 0 radical (unpaired) electrons. The van der Waals surface area contributed by atoms with Crippen molar-refractivity contribution < 1.29 is 69.0 Å². The number of Topliss-reactive ketones (excluding diaryl/α,β-unsaturated/α-hetero) is 1. The Kier molecular flexibility index (Phi) is 9.01. The predicted molar refractivity (Wildman–Crippen MR) is 152 cm³/mol.